The van der Waals surface area contributed by atoms with Crippen LogP contribution in [0.3, 0.4) is 0 Å². The lowest BCUT2D eigenvalue weighted by molar-refractivity contribution is 0.0393. The van der Waals surface area contributed by atoms with Crippen molar-refractivity contribution in [3.05, 3.63) is 18.2 Å². The van der Waals surface area contributed by atoms with Gasteiger partial charge < -0.3 is 14.8 Å². The van der Waals surface area contributed by atoms with Crippen molar-refractivity contribution in [2.75, 3.05) is 13.6 Å². The van der Waals surface area contributed by atoms with Crippen molar-refractivity contribution in [3.63, 3.8) is 0 Å². The van der Waals surface area contributed by atoms with Gasteiger partial charge in [-0.2, -0.15) is 0 Å². The lowest BCUT2D eigenvalue weighted by Crippen LogP contribution is -2.50. The summed E-state index contributed by atoms with van der Waals surface area (Å²) < 4.78 is 2.43. The van der Waals surface area contributed by atoms with Crippen LogP contribution in [-0.4, -0.2) is 40.1 Å². The van der Waals surface area contributed by atoms with Crippen LogP contribution < -0.4 is 5.32 Å². The smallest absolute Gasteiger partial charge is 0.0951 e. The molecule has 3 rings (SSSR count). The van der Waals surface area contributed by atoms with Crippen LogP contribution in [0.15, 0.2) is 12.5 Å². The van der Waals surface area contributed by atoms with Gasteiger partial charge in [-0.15, -0.1) is 0 Å². The number of nitrogens with one attached hydrogen (secondary N) is 1. The Morgan fingerprint density at radius 3 is 2.68 bits per heavy atom. The van der Waals surface area contributed by atoms with Gasteiger partial charge in [-0.3, -0.25) is 0 Å². The van der Waals surface area contributed by atoms with E-state index in [-0.39, 0.29) is 0 Å². The van der Waals surface area contributed by atoms with Crippen molar-refractivity contribution in [1.82, 2.24) is 19.8 Å². The topological polar surface area (TPSA) is 33.1 Å². The van der Waals surface area contributed by atoms with Crippen LogP contribution in [0.2, 0.25) is 0 Å². The fraction of sp³-hybridized carbons (Fsp3) is 0.800. The minimum atomic E-state index is 0.655. The zero-order chi connectivity index (χ0) is 13.2. The molecule has 106 valence electrons. The van der Waals surface area contributed by atoms with Gasteiger partial charge in [-0.1, -0.05) is 13.3 Å². The normalized spacial score (nSPS) is 31.6. The molecule has 2 unspecified atom stereocenters. The van der Waals surface area contributed by atoms with E-state index in [1.165, 1.54) is 37.8 Å². The SMILES string of the molecule is CCNCc1cncn1C1CC2CCCC(C1)N2C. The molecule has 2 saturated heterocycles. The number of fused-ring (bicyclic) bond motifs is 2. The Balaban J connectivity index is 1.74. The van der Waals surface area contributed by atoms with Gasteiger partial charge in [0.25, 0.3) is 0 Å². The molecule has 2 fully saturated rings. The van der Waals surface area contributed by atoms with Gasteiger partial charge in [0.2, 0.25) is 0 Å². The molecule has 4 nitrogen and oxygen atoms in total. The van der Waals surface area contributed by atoms with Gasteiger partial charge in [0.05, 0.1) is 12.0 Å². The Kier molecular flexibility index (Phi) is 3.89. The Labute approximate surface area is 116 Å². The molecule has 1 aromatic rings. The quantitative estimate of drug-likeness (QED) is 0.903. The van der Waals surface area contributed by atoms with Crippen molar-refractivity contribution in [3.8, 4) is 0 Å². The summed E-state index contributed by atoms with van der Waals surface area (Å²) in [4.78, 5) is 7.00. The summed E-state index contributed by atoms with van der Waals surface area (Å²) in [5.41, 5.74) is 1.34. The number of imidazole rings is 1. The molecule has 2 aliphatic heterocycles. The van der Waals surface area contributed by atoms with Crippen LogP contribution in [-0.2, 0) is 6.54 Å². The second-order valence-corrected chi connectivity index (χ2v) is 6.10. The van der Waals surface area contributed by atoms with Crippen molar-refractivity contribution < 1.29 is 0 Å². The van der Waals surface area contributed by atoms with E-state index in [0.29, 0.717) is 6.04 Å². The highest BCUT2D eigenvalue weighted by atomic mass is 15.2. The summed E-state index contributed by atoms with van der Waals surface area (Å²) in [5.74, 6) is 0. The van der Waals surface area contributed by atoms with Crippen LogP contribution in [0, 0.1) is 0 Å². The summed E-state index contributed by atoms with van der Waals surface area (Å²) in [6.45, 7) is 4.11. The molecule has 0 saturated carbocycles. The number of nitrogens with zero attached hydrogens (tertiary/aromatic N) is 3. The fourth-order valence-electron chi connectivity index (χ4n) is 3.87. The average Bonchev–Trinajstić information content (AvgIpc) is 2.84. The molecule has 1 aromatic heterocycles. The predicted molar refractivity (Wildman–Crippen MR) is 77.1 cm³/mol. The lowest BCUT2D eigenvalue weighted by atomic mass is 9.82. The molecular formula is C15H26N4. The van der Waals surface area contributed by atoms with E-state index in [1.54, 1.807) is 0 Å². The molecule has 3 heterocycles. The summed E-state index contributed by atoms with van der Waals surface area (Å²) in [5, 5.41) is 3.42. The first kappa shape index (κ1) is 13.1. The first-order chi connectivity index (χ1) is 9.29. The molecule has 0 spiro atoms. The van der Waals surface area contributed by atoms with E-state index in [4.69, 9.17) is 0 Å². The molecule has 2 bridgehead atoms. The maximum absolute atomic E-state index is 4.37. The molecule has 0 amide bonds. The Hall–Kier alpha value is -0.870. The average molecular weight is 262 g/mol. The number of aromatic nitrogens is 2. The number of rotatable bonds is 4. The van der Waals surface area contributed by atoms with Crippen LogP contribution in [0.1, 0.15) is 50.8 Å². The molecule has 4 heteroatoms. The van der Waals surface area contributed by atoms with Crippen LogP contribution in [0.4, 0.5) is 0 Å². The molecule has 0 aliphatic carbocycles. The van der Waals surface area contributed by atoms with E-state index in [2.05, 4.69) is 33.7 Å². The highest BCUT2D eigenvalue weighted by Gasteiger charge is 2.36. The molecular weight excluding hydrogens is 236 g/mol. The minimum Gasteiger partial charge on any atom is -0.330 e. The largest absolute Gasteiger partial charge is 0.330 e. The van der Waals surface area contributed by atoms with Crippen molar-refractivity contribution in [2.45, 2.75) is 63.7 Å². The van der Waals surface area contributed by atoms with Crippen LogP contribution in [0.5, 0.6) is 0 Å². The molecule has 0 radical (unpaired) electrons. The summed E-state index contributed by atoms with van der Waals surface area (Å²) in [7, 11) is 2.32. The number of piperidine rings is 2. The van der Waals surface area contributed by atoms with E-state index >= 15 is 0 Å². The number of hydrogen-bond donors (Lipinski definition) is 1. The summed E-state index contributed by atoms with van der Waals surface area (Å²) >= 11 is 0. The van der Waals surface area contributed by atoms with Gasteiger partial charge in [0.15, 0.2) is 0 Å². The highest BCUT2D eigenvalue weighted by Crippen LogP contribution is 2.38. The van der Waals surface area contributed by atoms with Crippen molar-refractivity contribution in [1.29, 1.82) is 0 Å². The Bertz CT molecular complexity index is 400. The Morgan fingerprint density at radius 2 is 2.00 bits per heavy atom. The van der Waals surface area contributed by atoms with Crippen LogP contribution in [0.25, 0.3) is 0 Å². The van der Waals surface area contributed by atoms with E-state index in [9.17, 15) is 0 Å². The maximum Gasteiger partial charge on any atom is 0.0951 e. The standard InChI is InChI=1S/C15H26N4/c1-3-16-9-15-10-17-11-19(15)14-7-12-5-4-6-13(8-14)18(12)2/h10-14,16H,3-9H2,1-2H3. The minimum absolute atomic E-state index is 0.655. The second kappa shape index (κ2) is 5.63. The van der Waals surface area contributed by atoms with E-state index in [1.807, 2.05) is 12.5 Å². The zero-order valence-corrected chi connectivity index (χ0v) is 12.2. The maximum atomic E-state index is 4.37. The highest BCUT2D eigenvalue weighted by molar-refractivity contribution is 5.03. The molecule has 0 aromatic carbocycles. The zero-order valence-electron chi connectivity index (χ0n) is 12.2. The molecule has 19 heavy (non-hydrogen) atoms. The fourth-order valence-corrected chi connectivity index (χ4v) is 3.87. The third-order valence-electron chi connectivity index (χ3n) is 5.01. The van der Waals surface area contributed by atoms with Gasteiger partial charge in [-0.05, 0) is 39.3 Å². The third-order valence-corrected chi connectivity index (χ3v) is 5.01. The van der Waals surface area contributed by atoms with Crippen LogP contribution >= 0.6 is 0 Å². The van der Waals surface area contributed by atoms with Gasteiger partial charge >= 0.3 is 0 Å². The first-order valence-corrected chi connectivity index (χ1v) is 7.73. The van der Waals surface area contributed by atoms with E-state index < -0.39 is 0 Å². The Morgan fingerprint density at radius 1 is 1.26 bits per heavy atom. The molecule has 2 atom stereocenters. The van der Waals surface area contributed by atoms with Gasteiger partial charge in [0.1, 0.15) is 0 Å². The lowest BCUT2D eigenvalue weighted by Gasteiger charge is -2.47. The van der Waals surface area contributed by atoms with Gasteiger partial charge in [0, 0.05) is 30.9 Å². The van der Waals surface area contributed by atoms with Gasteiger partial charge in [-0.25, -0.2) is 4.98 Å². The van der Waals surface area contributed by atoms with Crippen molar-refractivity contribution >= 4 is 0 Å². The second-order valence-electron chi connectivity index (χ2n) is 6.10. The predicted octanol–water partition coefficient (Wildman–Crippen LogP) is 2.18. The third kappa shape index (κ3) is 2.56. The summed E-state index contributed by atoms with van der Waals surface area (Å²) in [6.07, 6.45) is 10.8. The number of hydrogen-bond acceptors (Lipinski definition) is 3. The molecule has 2 aliphatic rings. The first-order valence-electron chi connectivity index (χ1n) is 7.73. The monoisotopic (exact) mass is 262 g/mol. The van der Waals surface area contributed by atoms with Crippen molar-refractivity contribution in [2.24, 2.45) is 0 Å². The molecule has 1 N–H and O–H groups in total. The summed E-state index contributed by atoms with van der Waals surface area (Å²) in [6, 6.07) is 2.22. The van der Waals surface area contributed by atoms with E-state index in [0.717, 1.165) is 25.2 Å².